The van der Waals surface area contributed by atoms with Crippen LogP contribution >= 0.6 is 0 Å². The molecular weight excluding hydrogens is 512 g/mol. The minimum atomic E-state index is -3.85. The topological polar surface area (TPSA) is 110 Å². The highest BCUT2D eigenvalue weighted by atomic mass is 32.2. The molecule has 2 aromatic carbocycles. The van der Waals surface area contributed by atoms with Crippen LogP contribution in [0.1, 0.15) is 77.0 Å². The minimum Gasteiger partial charge on any atom is -0.483 e. The number of anilines is 2. The van der Waals surface area contributed by atoms with Crippen molar-refractivity contribution in [2.45, 2.75) is 84.0 Å². The lowest BCUT2D eigenvalue weighted by Crippen LogP contribution is -2.24. The second kappa shape index (κ2) is 11.7. The Morgan fingerprint density at radius 1 is 0.897 bits per heavy atom. The van der Waals surface area contributed by atoms with E-state index < -0.39 is 10.0 Å². The minimum absolute atomic E-state index is 0.0380. The average Bonchev–Trinajstić information content (AvgIpc) is 2.86. The summed E-state index contributed by atoms with van der Waals surface area (Å²) >= 11 is 0. The second-order valence-electron chi connectivity index (χ2n) is 11.1. The first-order valence-corrected chi connectivity index (χ1v) is 14.7. The number of rotatable bonds is 11. The lowest BCUT2D eigenvalue weighted by Gasteiger charge is -2.30. The zero-order valence-electron chi connectivity index (χ0n) is 24.2. The summed E-state index contributed by atoms with van der Waals surface area (Å²) in [5, 5.41) is 2.77. The Balaban J connectivity index is 1.69. The van der Waals surface area contributed by atoms with Gasteiger partial charge in [0.2, 0.25) is 0 Å². The van der Waals surface area contributed by atoms with Crippen LogP contribution in [-0.2, 0) is 25.6 Å². The smallest absolute Gasteiger partial charge is 0.263 e. The van der Waals surface area contributed by atoms with Crippen LogP contribution in [0.5, 0.6) is 5.75 Å². The van der Waals surface area contributed by atoms with Crippen molar-refractivity contribution < 1.29 is 17.9 Å². The second-order valence-corrected chi connectivity index (χ2v) is 12.8. The number of benzene rings is 2. The Hall–Kier alpha value is -3.46. The first-order chi connectivity index (χ1) is 18.2. The highest BCUT2D eigenvalue weighted by Gasteiger charge is 2.27. The largest absolute Gasteiger partial charge is 0.483 e. The van der Waals surface area contributed by atoms with Crippen LogP contribution in [0.25, 0.3) is 0 Å². The maximum Gasteiger partial charge on any atom is 0.263 e. The van der Waals surface area contributed by atoms with Gasteiger partial charge < -0.3 is 10.1 Å². The number of hydrogen-bond acceptors (Lipinski definition) is 6. The van der Waals surface area contributed by atoms with Crippen LogP contribution in [-0.4, -0.2) is 30.9 Å². The fourth-order valence-electron chi connectivity index (χ4n) is 4.02. The van der Waals surface area contributed by atoms with Crippen LogP contribution in [0.15, 0.2) is 53.4 Å². The molecule has 0 bridgehead atoms. The molecule has 0 radical (unpaired) electrons. The quantitative estimate of drug-likeness (QED) is 0.289. The number of carbonyl (C=O) groups excluding carboxylic acids is 1. The molecule has 3 aromatic rings. The van der Waals surface area contributed by atoms with E-state index in [9.17, 15) is 13.2 Å². The molecule has 8 nitrogen and oxygen atoms in total. The van der Waals surface area contributed by atoms with Gasteiger partial charge in [-0.1, -0.05) is 53.7 Å². The van der Waals surface area contributed by atoms with E-state index >= 15 is 0 Å². The Bertz CT molecular complexity index is 1410. The first kappa shape index (κ1) is 30.1. The summed E-state index contributed by atoms with van der Waals surface area (Å²) in [6.45, 7) is 16.4. The SMILES string of the molecule is CCC(C)(C)c1ccc(OCC(=O)Nc2ccc(S(=O)(=O)Nc3cc(C)nc(C)n3)cc2)c(C(C)(C)CC)c1. The average molecular weight is 553 g/mol. The molecule has 1 heterocycles. The summed E-state index contributed by atoms with van der Waals surface area (Å²) in [6, 6.07) is 13.7. The highest BCUT2D eigenvalue weighted by molar-refractivity contribution is 7.92. The summed E-state index contributed by atoms with van der Waals surface area (Å²) in [5.74, 6) is 1.02. The molecule has 0 fully saturated rings. The molecule has 0 spiro atoms. The van der Waals surface area contributed by atoms with Gasteiger partial charge in [-0.25, -0.2) is 18.4 Å². The van der Waals surface area contributed by atoms with Gasteiger partial charge in [-0.15, -0.1) is 0 Å². The maximum atomic E-state index is 12.8. The molecule has 1 aromatic heterocycles. The number of hydrogen-bond donors (Lipinski definition) is 2. The summed E-state index contributed by atoms with van der Waals surface area (Å²) in [6.07, 6.45) is 1.93. The van der Waals surface area contributed by atoms with Crippen molar-refractivity contribution in [2.75, 3.05) is 16.6 Å². The van der Waals surface area contributed by atoms with Crippen LogP contribution in [0.3, 0.4) is 0 Å². The number of carbonyl (C=O) groups is 1. The standard InChI is InChI=1S/C30H40N4O4S/c1-9-29(5,6)22-11-16-26(25(18-22)30(7,8)10-2)38-19-28(35)33-23-12-14-24(15-13-23)39(36,37)34-27-17-20(3)31-21(4)32-27/h11-18H,9-10,19H2,1-8H3,(H,33,35)(H,31,32,34). The van der Waals surface area contributed by atoms with Gasteiger partial charge in [-0.2, -0.15) is 0 Å². The third-order valence-electron chi connectivity index (χ3n) is 7.27. The monoisotopic (exact) mass is 552 g/mol. The molecule has 210 valence electrons. The van der Waals surface area contributed by atoms with E-state index in [1.807, 2.05) is 6.07 Å². The van der Waals surface area contributed by atoms with E-state index in [0.29, 0.717) is 23.0 Å². The molecular formula is C30H40N4O4S. The van der Waals surface area contributed by atoms with Crippen LogP contribution < -0.4 is 14.8 Å². The van der Waals surface area contributed by atoms with Crippen molar-refractivity contribution in [3.05, 3.63) is 71.2 Å². The zero-order valence-corrected chi connectivity index (χ0v) is 25.0. The van der Waals surface area contributed by atoms with Crippen molar-refractivity contribution in [1.82, 2.24) is 9.97 Å². The summed E-state index contributed by atoms with van der Waals surface area (Å²) < 4.78 is 34.0. The van der Waals surface area contributed by atoms with E-state index in [2.05, 4.69) is 73.7 Å². The number of aromatic nitrogens is 2. The van der Waals surface area contributed by atoms with E-state index in [-0.39, 0.29) is 34.1 Å². The van der Waals surface area contributed by atoms with Gasteiger partial charge in [0, 0.05) is 23.0 Å². The lowest BCUT2D eigenvalue weighted by molar-refractivity contribution is -0.118. The van der Waals surface area contributed by atoms with E-state index in [1.54, 1.807) is 19.9 Å². The highest BCUT2D eigenvalue weighted by Crippen LogP contribution is 2.38. The molecule has 9 heteroatoms. The first-order valence-electron chi connectivity index (χ1n) is 13.2. The fraction of sp³-hybridized carbons (Fsp3) is 0.433. The Morgan fingerprint density at radius 3 is 2.13 bits per heavy atom. The third-order valence-corrected chi connectivity index (χ3v) is 8.64. The van der Waals surface area contributed by atoms with Crippen molar-refractivity contribution >= 4 is 27.4 Å². The Kier molecular flexibility index (Phi) is 9.05. The molecule has 3 rings (SSSR count). The van der Waals surface area contributed by atoms with Crippen LogP contribution in [0, 0.1) is 13.8 Å². The molecule has 0 saturated carbocycles. The Morgan fingerprint density at radius 2 is 1.54 bits per heavy atom. The van der Waals surface area contributed by atoms with Gasteiger partial charge in [-0.3, -0.25) is 9.52 Å². The summed E-state index contributed by atoms with van der Waals surface area (Å²) in [4.78, 5) is 21.0. The summed E-state index contributed by atoms with van der Waals surface area (Å²) in [7, 11) is -3.85. The molecule has 0 unspecified atom stereocenters. The lowest BCUT2D eigenvalue weighted by atomic mass is 9.76. The number of amides is 1. The molecule has 1 amide bonds. The Labute approximate surface area is 232 Å². The number of sulfonamides is 1. The van der Waals surface area contributed by atoms with Crippen molar-refractivity contribution in [1.29, 1.82) is 0 Å². The zero-order chi connectivity index (χ0) is 29.0. The molecule has 2 N–H and O–H groups in total. The maximum absolute atomic E-state index is 12.8. The molecule has 0 aliphatic carbocycles. The number of aryl methyl sites for hydroxylation is 2. The van der Waals surface area contributed by atoms with E-state index in [1.165, 1.54) is 29.8 Å². The van der Waals surface area contributed by atoms with Crippen molar-refractivity contribution in [3.8, 4) is 5.75 Å². The summed E-state index contributed by atoms with van der Waals surface area (Å²) in [5.41, 5.74) is 3.36. The van der Waals surface area contributed by atoms with Crippen molar-refractivity contribution in [2.24, 2.45) is 0 Å². The van der Waals surface area contributed by atoms with Gasteiger partial charge in [-0.05, 0) is 73.4 Å². The normalized spacial score (nSPS) is 12.2. The van der Waals surface area contributed by atoms with E-state index in [4.69, 9.17) is 4.74 Å². The molecule has 0 aliphatic rings. The predicted molar refractivity (Wildman–Crippen MR) is 156 cm³/mol. The van der Waals surface area contributed by atoms with Crippen molar-refractivity contribution in [3.63, 3.8) is 0 Å². The van der Waals surface area contributed by atoms with Gasteiger partial charge >= 0.3 is 0 Å². The van der Waals surface area contributed by atoms with Crippen LogP contribution in [0.4, 0.5) is 11.5 Å². The van der Waals surface area contributed by atoms with E-state index in [0.717, 1.165) is 18.4 Å². The number of ether oxygens (including phenoxy) is 1. The van der Waals surface area contributed by atoms with Crippen LogP contribution in [0.2, 0.25) is 0 Å². The molecule has 0 saturated heterocycles. The molecule has 39 heavy (non-hydrogen) atoms. The number of nitrogens with one attached hydrogen (secondary N) is 2. The fourth-order valence-corrected chi connectivity index (χ4v) is 5.02. The van der Waals surface area contributed by atoms with Gasteiger partial charge in [0.1, 0.15) is 17.4 Å². The van der Waals surface area contributed by atoms with Gasteiger partial charge in [0.05, 0.1) is 4.90 Å². The predicted octanol–water partition coefficient (Wildman–Crippen LogP) is 6.29. The molecule has 0 atom stereocenters. The molecule has 0 aliphatic heterocycles. The number of nitrogens with zero attached hydrogens (tertiary/aromatic N) is 2. The van der Waals surface area contributed by atoms with Gasteiger partial charge in [0.25, 0.3) is 15.9 Å². The van der Waals surface area contributed by atoms with Gasteiger partial charge in [0.15, 0.2) is 6.61 Å². The third kappa shape index (κ3) is 7.56.